The molecule has 0 radical (unpaired) electrons. The summed E-state index contributed by atoms with van der Waals surface area (Å²) in [6, 6.07) is 4.58. The quantitative estimate of drug-likeness (QED) is 0.540. The summed E-state index contributed by atoms with van der Waals surface area (Å²) in [5.41, 5.74) is -0.276. The van der Waals surface area contributed by atoms with Crippen molar-refractivity contribution >= 4 is 23.8 Å². The first-order valence-electron chi connectivity index (χ1n) is 11.8. The molecule has 0 aromatic heterocycles. The van der Waals surface area contributed by atoms with Crippen LogP contribution in [0.1, 0.15) is 45.6 Å². The summed E-state index contributed by atoms with van der Waals surface area (Å²) >= 11 is 0. The van der Waals surface area contributed by atoms with Gasteiger partial charge < -0.3 is 25.0 Å². The minimum absolute atomic E-state index is 0.0758. The highest BCUT2D eigenvalue weighted by Crippen LogP contribution is 2.46. The van der Waals surface area contributed by atoms with Gasteiger partial charge in [0.05, 0.1) is 7.11 Å². The first-order valence-corrected chi connectivity index (χ1v) is 11.8. The van der Waals surface area contributed by atoms with Crippen LogP contribution in [0.4, 0.5) is 4.79 Å². The Morgan fingerprint density at radius 3 is 2.54 bits per heavy atom. The van der Waals surface area contributed by atoms with E-state index >= 15 is 0 Å². The highest BCUT2D eigenvalue weighted by molar-refractivity contribution is 6.09. The van der Waals surface area contributed by atoms with E-state index in [-0.39, 0.29) is 36.9 Å². The highest BCUT2D eigenvalue weighted by Gasteiger charge is 2.56. The monoisotopic (exact) mass is 488 g/mol. The summed E-state index contributed by atoms with van der Waals surface area (Å²) in [5.74, 6) is 0.175. The van der Waals surface area contributed by atoms with Gasteiger partial charge in [-0.05, 0) is 48.3 Å². The molecule has 192 valence electrons. The minimum Gasteiger partial charge on any atom is -0.493 e. The number of amides is 5. The van der Waals surface area contributed by atoms with E-state index in [1.54, 1.807) is 32.3 Å². The van der Waals surface area contributed by atoms with E-state index in [1.165, 1.54) is 12.0 Å². The first kappa shape index (κ1) is 26.3. The maximum absolute atomic E-state index is 13.2. The molecule has 10 heteroatoms. The molecule has 3 rings (SSSR count). The third-order valence-electron chi connectivity index (χ3n) is 6.49. The summed E-state index contributed by atoms with van der Waals surface area (Å²) < 4.78 is 10.9. The molecule has 10 nitrogen and oxygen atoms in total. The number of methoxy groups -OCH3 is 1. The molecule has 1 saturated heterocycles. The number of nitrogens with one attached hydrogen (secondary N) is 2. The largest absolute Gasteiger partial charge is 0.493 e. The summed E-state index contributed by atoms with van der Waals surface area (Å²) in [7, 11) is 4.77. The molecule has 5 amide bonds. The Morgan fingerprint density at radius 2 is 1.91 bits per heavy atom. The van der Waals surface area contributed by atoms with Crippen LogP contribution in [-0.2, 0) is 20.9 Å². The van der Waals surface area contributed by atoms with Crippen molar-refractivity contribution in [3.8, 4) is 11.5 Å². The summed E-state index contributed by atoms with van der Waals surface area (Å²) in [4.78, 5) is 52.6. The van der Waals surface area contributed by atoms with Gasteiger partial charge in [-0.3, -0.25) is 19.3 Å². The molecule has 1 aromatic carbocycles. The van der Waals surface area contributed by atoms with E-state index in [2.05, 4.69) is 31.4 Å². The third kappa shape index (κ3) is 6.04. The second kappa shape index (κ2) is 10.1. The molecule has 1 aromatic rings. The van der Waals surface area contributed by atoms with Crippen LogP contribution in [0.5, 0.6) is 11.5 Å². The van der Waals surface area contributed by atoms with Crippen LogP contribution in [0, 0.1) is 11.3 Å². The lowest BCUT2D eigenvalue weighted by Crippen LogP contribution is -2.54. The van der Waals surface area contributed by atoms with Gasteiger partial charge in [-0.15, -0.1) is 0 Å². The molecule has 1 saturated carbocycles. The molecule has 0 bridgehead atoms. The summed E-state index contributed by atoms with van der Waals surface area (Å²) in [6.45, 7) is 6.00. The van der Waals surface area contributed by atoms with E-state index in [4.69, 9.17) is 9.47 Å². The number of rotatable bonds is 8. The average Bonchev–Trinajstić information content (AvgIpc) is 2.97. The fourth-order valence-corrected chi connectivity index (χ4v) is 5.26. The van der Waals surface area contributed by atoms with Gasteiger partial charge in [-0.1, -0.05) is 26.8 Å². The van der Waals surface area contributed by atoms with Crippen molar-refractivity contribution in [1.29, 1.82) is 0 Å². The zero-order valence-electron chi connectivity index (χ0n) is 21.4. The SMILES string of the molecule is COc1cc(CNC(=O)CN2C(=O)NC3(CC(C)CC(C)(C)C3)C2=O)ccc1OCC(=O)N(C)C. The lowest BCUT2D eigenvalue weighted by Gasteiger charge is -2.43. The molecule has 2 fully saturated rings. The second-order valence-corrected chi connectivity index (χ2v) is 10.6. The molecular weight excluding hydrogens is 452 g/mol. The van der Waals surface area contributed by atoms with Crippen molar-refractivity contribution in [2.45, 2.75) is 52.1 Å². The molecule has 2 atom stereocenters. The van der Waals surface area contributed by atoms with Crippen molar-refractivity contribution < 1.29 is 28.7 Å². The topological polar surface area (TPSA) is 117 Å². The number of carbonyl (C=O) groups is 4. The van der Waals surface area contributed by atoms with Gasteiger partial charge in [0.25, 0.3) is 11.8 Å². The van der Waals surface area contributed by atoms with Crippen LogP contribution in [0.3, 0.4) is 0 Å². The van der Waals surface area contributed by atoms with Gasteiger partial charge in [0.1, 0.15) is 12.1 Å². The number of imide groups is 1. The predicted molar refractivity (Wildman–Crippen MR) is 129 cm³/mol. The van der Waals surface area contributed by atoms with Gasteiger partial charge in [-0.2, -0.15) is 0 Å². The molecular formula is C25H36N4O6. The van der Waals surface area contributed by atoms with Crippen LogP contribution in [0.15, 0.2) is 18.2 Å². The molecule has 2 unspecified atom stereocenters. The maximum Gasteiger partial charge on any atom is 0.325 e. The van der Waals surface area contributed by atoms with Crippen LogP contribution in [0.2, 0.25) is 0 Å². The van der Waals surface area contributed by atoms with Crippen molar-refractivity contribution in [3.63, 3.8) is 0 Å². The number of carbonyl (C=O) groups excluding carboxylic acids is 4. The minimum atomic E-state index is -0.935. The Balaban J connectivity index is 1.59. The maximum atomic E-state index is 13.2. The van der Waals surface area contributed by atoms with E-state index in [0.29, 0.717) is 30.3 Å². The van der Waals surface area contributed by atoms with Gasteiger partial charge in [-0.25, -0.2) is 4.79 Å². The number of benzene rings is 1. The van der Waals surface area contributed by atoms with Gasteiger partial charge >= 0.3 is 6.03 Å². The van der Waals surface area contributed by atoms with Crippen molar-refractivity contribution in [2.75, 3.05) is 34.4 Å². The predicted octanol–water partition coefficient (Wildman–Crippen LogP) is 1.92. The molecule has 1 spiro atoms. The number of nitrogens with zero attached hydrogens (tertiary/aromatic N) is 2. The molecule has 2 N–H and O–H groups in total. The van der Waals surface area contributed by atoms with Crippen LogP contribution < -0.4 is 20.1 Å². The standard InChI is InChI=1S/C25H36N4O6/c1-16-10-24(2,3)15-25(11-16)22(32)29(23(33)27-25)13-20(30)26-12-17-7-8-18(19(9-17)34-6)35-14-21(31)28(4)5/h7-9,16H,10-15H2,1-6H3,(H,26,30)(H,27,33). The molecule has 35 heavy (non-hydrogen) atoms. The Kier molecular flexibility index (Phi) is 7.62. The fraction of sp³-hybridized carbons (Fsp3) is 0.600. The number of ether oxygens (including phenoxy) is 2. The highest BCUT2D eigenvalue weighted by atomic mass is 16.5. The van der Waals surface area contributed by atoms with Crippen molar-refractivity contribution in [3.05, 3.63) is 23.8 Å². The van der Waals surface area contributed by atoms with Crippen LogP contribution >= 0.6 is 0 Å². The molecule has 1 heterocycles. The van der Waals surface area contributed by atoms with E-state index in [0.717, 1.165) is 16.9 Å². The Morgan fingerprint density at radius 1 is 1.20 bits per heavy atom. The first-order chi connectivity index (χ1) is 16.4. The lowest BCUT2D eigenvalue weighted by atomic mass is 9.64. The number of urea groups is 1. The zero-order chi connectivity index (χ0) is 26.0. The van der Waals surface area contributed by atoms with Gasteiger partial charge in [0.2, 0.25) is 5.91 Å². The van der Waals surface area contributed by atoms with E-state index in [1.807, 2.05) is 0 Å². The van der Waals surface area contributed by atoms with Gasteiger partial charge in [0.15, 0.2) is 18.1 Å². The Labute approximate surface area is 206 Å². The normalized spacial score (nSPS) is 23.1. The second-order valence-electron chi connectivity index (χ2n) is 10.6. The summed E-state index contributed by atoms with van der Waals surface area (Å²) in [5, 5.41) is 5.63. The van der Waals surface area contributed by atoms with E-state index in [9.17, 15) is 19.2 Å². The molecule has 1 aliphatic heterocycles. The van der Waals surface area contributed by atoms with Crippen molar-refractivity contribution in [1.82, 2.24) is 20.4 Å². The van der Waals surface area contributed by atoms with Crippen molar-refractivity contribution in [2.24, 2.45) is 11.3 Å². The van der Waals surface area contributed by atoms with Gasteiger partial charge in [0, 0.05) is 20.6 Å². The summed E-state index contributed by atoms with van der Waals surface area (Å²) in [6.07, 6.45) is 2.12. The lowest BCUT2D eigenvalue weighted by molar-refractivity contribution is -0.137. The van der Waals surface area contributed by atoms with E-state index < -0.39 is 17.5 Å². The fourth-order valence-electron chi connectivity index (χ4n) is 5.26. The Bertz CT molecular complexity index is 1010. The smallest absolute Gasteiger partial charge is 0.325 e. The number of likely N-dealkylation sites (N-methyl/N-ethyl adjacent to an activating group) is 1. The molecule has 1 aliphatic carbocycles. The number of hydrogen-bond donors (Lipinski definition) is 2. The number of hydrogen-bond acceptors (Lipinski definition) is 6. The van der Waals surface area contributed by atoms with Crippen LogP contribution in [0.25, 0.3) is 0 Å². The average molecular weight is 489 g/mol. The third-order valence-corrected chi connectivity index (χ3v) is 6.49. The zero-order valence-corrected chi connectivity index (χ0v) is 21.4. The van der Waals surface area contributed by atoms with Crippen LogP contribution in [-0.4, -0.2) is 73.4 Å². The molecule has 2 aliphatic rings. The Hall–Kier alpha value is -3.30.